The summed E-state index contributed by atoms with van der Waals surface area (Å²) in [7, 11) is 0. The normalized spacial score (nSPS) is 18.8. The van der Waals surface area contributed by atoms with Gasteiger partial charge in [-0.2, -0.15) is 0 Å². The lowest BCUT2D eigenvalue weighted by Crippen LogP contribution is -2.60. The Bertz CT molecular complexity index is 1720. The Balaban J connectivity index is 1.84. The van der Waals surface area contributed by atoms with E-state index in [-0.39, 0.29) is 82.2 Å². The van der Waals surface area contributed by atoms with Crippen molar-refractivity contribution in [2.24, 2.45) is 33.8 Å². The predicted molar refractivity (Wildman–Crippen MR) is 213 cm³/mol. The molecule has 0 radical (unpaired) electrons. The number of likely N-dealkylation sites (tertiary alicyclic amines) is 2. The second-order valence-corrected chi connectivity index (χ2v) is 15.2. The molecule has 21 heteroatoms. The molecular formula is C38H59N11O10. The van der Waals surface area contributed by atoms with Crippen LogP contribution in [0.15, 0.2) is 29.3 Å². The lowest BCUT2D eigenvalue weighted by Gasteiger charge is -2.33. The minimum atomic E-state index is -1.40. The summed E-state index contributed by atoms with van der Waals surface area (Å²) >= 11 is 0. The maximum absolute atomic E-state index is 14.4. The number of phenols is 1. The van der Waals surface area contributed by atoms with Gasteiger partial charge in [-0.25, -0.2) is 4.79 Å². The molecule has 2 heterocycles. The van der Waals surface area contributed by atoms with E-state index in [9.17, 15) is 48.6 Å². The number of hydrogen-bond donors (Lipinski definition) is 10. The molecule has 0 saturated carbocycles. The Morgan fingerprint density at radius 1 is 0.763 bits per heavy atom. The molecule has 2 aliphatic heterocycles. The number of benzene rings is 1. The quantitative estimate of drug-likeness (QED) is 0.0342. The summed E-state index contributed by atoms with van der Waals surface area (Å²) in [5, 5.41) is 30.0. The fraction of sp³-hybridized carbons (Fsp3) is 0.605. The molecule has 0 spiro atoms. The predicted octanol–water partition coefficient (Wildman–Crippen LogP) is -2.74. The van der Waals surface area contributed by atoms with Crippen LogP contribution in [-0.2, 0) is 44.8 Å². The standard InChI is InChI=1S/C38H59N11O10/c1-20(2)30(47-31(52)21(3)39)36(57)49-18-6-9-28(49)34(55)46-26(19-22-10-12-23(50)13-11-22)35(56)48-17-5-8-27(48)33(54)44-24(14-15-29(40)51)32(53)45-25(37(58)59)7-4-16-43-38(41)42/h10-13,20-21,24-28,30,50H,4-9,14-19,39H2,1-3H3,(H2,40,51)(H,44,54)(H,45,53)(H,46,55)(H,47,52)(H,58,59)(H4,41,42,43)/t21-,24-,25-,26-,27-,28+,30-/m0/s1. The highest BCUT2D eigenvalue weighted by Gasteiger charge is 2.43. The van der Waals surface area contributed by atoms with E-state index in [4.69, 9.17) is 22.9 Å². The third-order valence-electron chi connectivity index (χ3n) is 10.2. The Morgan fingerprint density at radius 3 is 1.83 bits per heavy atom. The molecule has 0 aliphatic carbocycles. The number of nitrogens with one attached hydrogen (secondary N) is 4. The number of carboxylic acid groups (broad SMARTS) is 1. The fourth-order valence-corrected chi connectivity index (χ4v) is 6.98. The first kappa shape index (κ1) is 47.4. The van der Waals surface area contributed by atoms with Crippen LogP contribution in [0.4, 0.5) is 0 Å². The van der Waals surface area contributed by atoms with Crippen LogP contribution in [0.5, 0.6) is 5.75 Å². The summed E-state index contributed by atoms with van der Waals surface area (Å²) in [6, 6.07) is -1.98. The molecule has 1 aromatic rings. The second kappa shape index (κ2) is 22.2. The number of guanidine groups is 1. The Labute approximate surface area is 342 Å². The summed E-state index contributed by atoms with van der Waals surface area (Å²) in [6.45, 7) is 5.44. The van der Waals surface area contributed by atoms with Crippen molar-refractivity contribution in [1.29, 1.82) is 0 Å². The lowest BCUT2D eigenvalue weighted by molar-refractivity contribution is -0.145. The Morgan fingerprint density at radius 2 is 1.32 bits per heavy atom. The van der Waals surface area contributed by atoms with Gasteiger partial charge in [0.05, 0.1) is 6.04 Å². The Hall–Kier alpha value is -5.99. The van der Waals surface area contributed by atoms with Gasteiger partial charge in [0.1, 0.15) is 42.0 Å². The van der Waals surface area contributed by atoms with E-state index in [1.165, 1.54) is 28.9 Å². The van der Waals surface area contributed by atoms with Crippen LogP contribution in [-0.4, -0.2) is 135 Å². The summed E-state index contributed by atoms with van der Waals surface area (Å²) in [6.07, 6.45) is 0.826. The van der Waals surface area contributed by atoms with Crippen LogP contribution in [0.1, 0.15) is 77.7 Å². The number of carboxylic acids is 1. The molecule has 2 saturated heterocycles. The zero-order valence-corrected chi connectivity index (χ0v) is 33.7. The smallest absolute Gasteiger partial charge is 0.326 e. The fourth-order valence-electron chi connectivity index (χ4n) is 6.98. The van der Waals surface area contributed by atoms with E-state index in [0.29, 0.717) is 18.4 Å². The van der Waals surface area contributed by atoms with Gasteiger partial charge in [0, 0.05) is 32.5 Å². The van der Waals surface area contributed by atoms with Crippen LogP contribution in [0.3, 0.4) is 0 Å². The van der Waals surface area contributed by atoms with Gasteiger partial charge in [-0.05, 0) is 75.5 Å². The van der Waals surface area contributed by atoms with Crippen molar-refractivity contribution >= 4 is 53.3 Å². The molecule has 7 amide bonds. The summed E-state index contributed by atoms with van der Waals surface area (Å²) in [5.41, 5.74) is 22.2. The summed E-state index contributed by atoms with van der Waals surface area (Å²) in [5.74, 6) is -6.56. The van der Waals surface area contributed by atoms with Crippen molar-refractivity contribution in [2.75, 3.05) is 19.6 Å². The van der Waals surface area contributed by atoms with E-state index in [0.717, 1.165) is 0 Å². The molecule has 0 aromatic heterocycles. The highest BCUT2D eigenvalue weighted by Crippen LogP contribution is 2.24. The number of amides is 7. The van der Waals surface area contributed by atoms with E-state index >= 15 is 0 Å². The van der Waals surface area contributed by atoms with Gasteiger partial charge in [-0.3, -0.25) is 38.6 Å². The number of aliphatic carboxylic acids is 1. The number of nitrogens with two attached hydrogens (primary N) is 4. The molecule has 3 rings (SSSR count). The summed E-state index contributed by atoms with van der Waals surface area (Å²) < 4.78 is 0. The number of hydrogen-bond acceptors (Lipinski definition) is 11. The third-order valence-corrected chi connectivity index (χ3v) is 10.2. The van der Waals surface area contributed by atoms with Gasteiger partial charge in [0.15, 0.2) is 5.96 Å². The molecule has 2 aliphatic rings. The molecule has 0 bridgehead atoms. The Kier molecular flexibility index (Phi) is 17.9. The zero-order valence-electron chi connectivity index (χ0n) is 33.7. The molecule has 14 N–H and O–H groups in total. The zero-order chi connectivity index (χ0) is 44.0. The van der Waals surface area contributed by atoms with Gasteiger partial charge in [0.25, 0.3) is 0 Å². The molecule has 1 aromatic carbocycles. The van der Waals surface area contributed by atoms with Crippen molar-refractivity contribution in [3.8, 4) is 5.75 Å². The number of aliphatic imine (C=N–C) groups is 1. The van der Waals surface area contributed by atoms with E-state index in [1.54, 1.807) is 26.0 Å². The van der Waals surface area contributed by atoms with Crippen LogP contribution in [0.2, 0.25) is 0 Å². The molecule has 2 fully saturated rings. The first-order chi connectivity index (χ1) is 27.8. The van der Waals surface area contributed by atoms with Gasteiger partial charge < -0.3 is 64.2 Å². The largest absolute Gasteiger partial charge is 0.508 e. The van der Waals surface area contributed by atoms with Crippen LogP contribution in [0.25, 0.3) is 0 Å². The monoisotopic (exact) mass is 829 g/mol. The van der Waals surface area contributed by atoms with E-state index in [1.807, 2.05) is 0 Å². The molecule has 0 unspecified atom stereocenters. The number of nitrogens with zero attached hydrogens (tertiary/aromatic N) is 3. The van der Waals surface area contributed by atoms with Crippen molar-refractivity contribution in [3.05, 3.63) is 29.8 Å². The minimum absolute atomic E-state index is 0.0246. The number of primary amides is 1. The molecule has 7 atom stereocenters. The number of rotatable bonds is 21. The maximum Gasteiger partial charge on any atom is 0.326 e. The third kappa shape index (κ3) is 14.1. The number of carbonyl (C=O) groups excluding carboxylic acids is 7. The number of carbonyl (C=O) groups is 8. The van der Waals surface area contributed by atoms with Gasteiger partial charge in [0.2, 0.25) is 41.4 Å². The SMILES string of the molecule is CC(C)[C@H](NC(=O)[C@H](C)N)C(=O)N1CCC[C@@H]1C(=O)N[C@@H](Cc1ccc(O)cc1)C(=O)N1CCC[C@H]1C(=O)N[C@@H](CCC(N)=O)C(=O)N[C@@H](CCCN=C(N)N)C(=O)O. The highest BCUT2D eigenvalue weighted by molar-refractivity contribution is 5.97. The van der Waals surface area contributed by atoms with Crippen LogP contribution < -0.4 is 44.2 Å². The number of aromatic hydroxyl groups is 1. The van der Waals surface area contributed by atoms with E-state index < -0.39 is 89.6 Å². The number of phenolic OH excluding ortho intramolecular Hbond substituents is 1. The topological polar surface area (TPSA) is 348 Å². The van der Waals surface area contributed by atoms with Gasteiger partial charge >= 0.3 is 5.97 Å². The van der Waals surface area contributed by atoms with Gasteiger partial charge in [-0.15, -0.1) is 0 Å². The van der Waals surface area contributed by atoms with Crippen LogP contribution in [0, 0.1) is 5.92 Å². The highest BCUT2D eigenvalue weighted by atomic mass is 16.4. The first-order valence-corrected chi connectivity index (χ1v) is 19.7. The first-order valence-electron chi connectivity index (χ1n) is 19.7. The second-order valence-electron chi connectivity index (χ2n) is 15.2. The molecule has 21 nitrogen and oxygen atoms in total. The van der Waals surface area contributed by atoms with Crippen molar-refractivity contribution < 1.29 is 48.6 Å². The minimum Gasteiger partial charge on any atom is -0.508 e. The molecular weight excluding hydrogens is 770 g/mol. The average molecular weight is 830 g/mol. The van der Waals surface area contributed by atoms with Crippen molar-refractivity contribution in [2.45, 2.75) is 121 Å². The summed E-state index contributed by atoms with van der Waals surface area (Å²) in [4.78, 5) is 112. The van der Waals surface area contributed by atoms with Crippen molar-refractivity contribution in [3.63, 3.8) is 0 Å². The van der Waals surface area contributed by atoms with Crippen molar-refractivity contribution in [1.82, 2.24) is 31.1 Å². The lowest BCUT2D eigenvalue weighted by atomic mass is 10.0. The molecule has 59 heavy (non-hydrogen) atoms. The maximum atomic E-state index is 14.4. The average Bonchev–Trinajstić information content (AvgIpc) is 3.87. The van der Waals surface area contributed by atoms with Crippen LogP contribution >= 0.6 is 0 Å². The van der Waals surface area contributed by atoms with Gasteiger partial charge in [-0.1, -0.05) is 26.0 Å². The van der Waals surface area contributed by atoms with E-state index in [2.05, 4.69) is 26.3 Å². The molecule has 326 valence electrons.